The fourth-order valence-corrected chi connectivity index (χ4v) is 1.11. The number of hydrogen-bond acceptors (Lipinski definition) is 0. The molecule has 1 heteroatoms. The molecule has 0 radical (unpaired) electrons. The molecule has 0 fully saturated rings. The highest BCUT2D eigenvalue weighted by molar-refractivity contribution is 5.53. The summed E-state index contributed by atoms with van der Waals surface area (Å²) in [5.41, 5.74) is 2.48. The third-order valence-electron chi connectivity index (χ3n) is 1.68. The zero-order chi connectivity index (χ0) is 7.52. The third kappa shape index (κ3) is 1.17. The second-order valence-corrected chi connectivity index (χ2v) is 2.41. The quantitative estimate of drug-likeness (QED) is 0.493. The average molecular weight is 142 g/mol. The zero-order valence-corrected chi connectivity index (χ0v) is 6.07. The van der Waals surface area contributed by atoms with Crippen LogP contribution in [0.4, 0.5) is 0 Å². The minimum Gasteiger partial charge on any atom is -0.670 e. The summed E-state index contributed by atoms with van der Waals surface area (Å²) in [6.07, 6.45) is 15.9. The van der Waals surface area contributed by atoms with E-state index in [4.69, 9.17) is 0 Å². The molecule has 0 unspecified atom stereocenters. The molecule has 0 atom stereocenters. The van der Waals surface area contributed by atoms with Gasteiger partial charge in [0.05, 0.1) is 0 Å². The van der Waals surface area contributed by atoms with Crippen LogP contribution in [0.25, 0.3) is 5.32 Å². The summed E-state index contributed by atoms with van der Waals surface area (Å²) in [4.78, 5) is 0. The summed E-state index contributed by atoms with van der Waals surface area (Å²) in [6.45, 7) is 0. The molecule has 0 saturated heterocycles. The maximum absolute atomic E-state index is 3.96. The molecule has 1 aliphatic heterocycles. The van der Waals surface area contributed by atoms with E-state index >= 15 is 0 Å². The molecule has 0 amide bonds. The molecule has 0 aromatic rings. The molecule has 54 valence electrons. The second kappa shape index (κ2) is 2.62. The van der Waals surface area contributed by atoms with E-state index in [0.717, 1.165) is 0 Å². The van der Waals surface area contributed by atoms with Gasteiger partial charge in [-0.3, -0.25) is 0 Å². The predicted octanol–water partition coefficient (Wildman–Crippen LogP) is 2.82. The van der Waals surface area contributed by atoms with Crippen LogP contribution >= 0.6 is 0 Å². The summed E-state index contributed by atoms with van der Waals surface area (Å²) < 4.78 is 0. The van der Waals surface area contributed by atoms with Gasteiger partial charge in [0.2, 0.25) is 0 Å². The molecule has 11 heavy (non-hydrogen) atoms. The maximum atomic E-state index is 3.96. The van der Waals surface area contributed by atoms with Crippen molar-refractivity contribution in [2.75, 3.05) is 0 Å². The van der Waals surface area contributed by atoms with Gasteiger partial charge in [0.25, 0.3) is 0 Å². The standard InChI is InChI=1S/C10H8N/c1-2-4-9(3-1)10-5-7-11-8-6-10/h1-8H/q-1. The van der Waals surface area contributed by atoms with E-state index in [9.17, 15) is 0 Å². The van der Waals surface area contributed by atoms with Gasteiger partial charge >= 0.3 is 0 Å². The molecule has 0 N–H and O–H groups in total. The minimum atomic E-state index is 1.23. The Morgan fingerprint density at radius 3 is 1.91 bits per heavy atom. The molecule has 2 aliphatic rings. The lowest BCUT2D eigenvalue weighted by atomic mass is 10.1. The number of hydrogen-bond donors (Lipinski definition) is 0. The first-order chi connectivity index (χ1) is 5.47. The lowest BCUT2D eigenvalue weighted by Gasteiger charge is -2.13. The molecule has 0 aromatic heterocycles. The highest BCUT2D eigenvalue weighted by Gasteiger charge is 1.96. The monoisotopic (exact) mass is 142 g/mol. The Morgan fingerprint density at radius 1 is 0.727 bits per heavy atom. The van der Waals surface area contributed by atoms with Crippen molar-refractivity contribution in [2.24, 2.45) is 0 Å². The average Bonchev–Trinajstić information content (AvgIpc) is 2.58. The lowest BCUT2D eigenvalue weighted by Crippen LogP contribution is -1.80. The van der Waals surface area contributed by atoms with Crippen LogP contribution in [-0.2, 0) is 0 Å². The highest BCUT2D eigenvalue weighted by Crippen LogP contribution is 2.19. The predicted molar refractivity (Wildman–Crippen MR) is 46.9 cm³/mol. The summed E-state index contributed by atoms with van der Waals surface area (Å²) in [7, 11) is 0. The molecule has 1 nitrogen and oxygen atoms in total. The van der Waals surface area contributed by atoms with Crippen molar-refractivity contribution in [1.29, 1.82) is 0 Å². The molecular weight excluding hydrogens is 134 g/mol. The Hall–Kier alpha value is -1.50. The molecule has 0 aromatic carbocycles. The molecule has 0 spiro atoms. The van der Waals surface area contributed by atoms with E-state index in [1.54, 1.807) is 0 Å². The zero-order valence-electron chi connectivity index (χ0n) is 6.07. The lowest BCUT2D eigenvalue weighted by molar-refractivity contribution is 1.53. The van der Waals surface area contributed by atoms with Crippen LogP contribution < -0.4 is 0 Å². The van der Waals surface area contributed by atoms with Crippen LogP contribution in [0.2, 0.25) is 0 Å². The number of nitrogens with zero attached hydrogens (tertiary/aromatic N) is 1. The Morgan fingerprint density at radius 2 is 1.27 bits per heavy atom. The van der Waals surface area contributed by atoms with Crippen LogP contribution in [0, 0.1) is 0 Å². The highest BCUT2D eigenvalue weighted by atomic mass is 14.8. The summed E-state index contributed by atoms with van der Waals surface area (Å²) in [5, 5.41) is 3.96. The first kappa shape index (κ1) is 6.23. The van der Waals surface area contributed by atoms with Gasteiger partial charge in [-0.15, -0.1) is 0 Å². The summed E-state index contributed by atoms with van der Waals surface area (Å²) in [6, 6.07) is 0. The number of allylic oxidation sites excluding steroid dienone is 8. The topological polar surface area (TPSA) is 14.1 Å². The van der Waals surface area contributed by atoms with E-state index in [0.29, 0.717) is 0 Å². The third-order valence-corrected chi connectivity index (χ3v) is 1.68. The van der Waals surface area contributed by atoms with E-state index in [-0.39, 0.29) is 0 Å². The van der Waals surface area contributed by atoms with Crippen molar-refractivity contribution in [2.45, 2.75) is 0 Å². The molecule has 0 bridgehead atoms. The Kier molecular flexibility index (Phi) is 1.48. The van der Waals surface area contributed by atoms with Gasteiger partial charge in [0, 0.05) is 0 Å². The second-order valence-electron chi connectivity index (χ2n) is 2.41. The SMILES string of the molecule is C1=CC(=C2C=C[N-]C=C2)C=C1. The Balaban J connectivity index is 2.38. The van der Waals surface area contributed by atoms with Crippen molar-refractivity contribution >= 4 is 0 Å². The fraction of sp³-hybridized carbons (Fsp3) is 0. The molecule has 0 saturated carbocycles. The van der Waals surface area contributed by atoms with Gasteiger partial charge in [0.15, 0.2) is 0 Å². The van der Waals surface area contributed by atoms with Crippen molar-refractivity contribution < 1.29 is 0 Å². The molecule has 1 aliphatic carbocycles. The van der Waals surface area contributed by atoms with E-state index in [1.807, 2.05) is 36.7 Å². The maximum Gasteiger partial charge on any atom is -0.0185 e. The smallest absolute Gasteiger partial charge is 0.0185 e. The van der Waals surface area contributed by atoms with Crippen molar-refractivity contribution in [3.8, 4) is 0 Å². The minimum absolute atomic E-state index is 1.23. The number of rotatable bonds is 0. The fourth-order valence-electron chi connectivity index (χ4n) is 1.11. The summed E-state index contributed by atoms with van der Waals surface area (Å²) in [5.74, 6) is 0. The van der Waals surface area contributed by atoms with Crippen LogP contribution in [0.15, 0.2) is 60.0 Å². The largest absolute Gasteiger partial charge is 0.670 e. The molecular formula is C10H8N-. The first-order valence-corrected chi connectivity index (χ1v) is 3.59. The van der Waals surface area contributed by atoms with E-state index in [2.05, 4.69) is 17.5 Å². The van der Waals surface area contributed by atoms with Gasteiger partial charge in [0.1, 0.15) is 0 Å². The van der Waals surface area contributed by atoms with Crippen molar-refractivity contribution in [1.82, 2.24) is 0 Å². The van der Waals surface area contributed by atoms with Crippen LogP contribution in [-0.4, -0.2) is 0 Å². The molecule has 2 rings (SSSR count). The summed E-state index contributed by atoms with van der Waals surface area (Å²) >= 11 is 0. The Bertz CT molecular complexity index is 273. The van der Waals surface area contributed by atoms with Crippen molar-refractivity contribution in [3.63, 3.8) is 0 Å². The van der Waals surface area contributed by atoms with Gasteiger partial charge in [-0.25, -0.2) is 0 Å². The van der Waals surface area contributed by atoms with Crippen LogP contribution in [0.5, 0.6) is 0 Å². The van der Waals surface area contributed by atoms with E-state index in [1.165, 1.54) is 11.1 Å². The molecule has 1 heterocycles. The normalized spacial score (nSPS) is 19.6. The van der Waals surface area contributed by atoms with Gasteiger partial charge in [-0.1, -0.05) is 36.5 Å². The first-order valence-electron chi connectivity index (χ1n) is 3.59. The van der Waals surface area contributed by atoms with Crippen LogP contribution in [0.3, 0.4) is 0 Å². The van der Waals surface area contributed by atoms with Crippen LogP contribution in [0.1, 0.15) is 0 Å². The van der Waals surface area contributed by atoms with Crippen molar-refractivity contribution in [3.05, 3.63) is 65.3 Å². The van der Waals surface area contributed by atoms with E-state index < -0.39 is 0 Å². The van der Waals surface area contributed by atoms with Gasteiger partial charge in [-0.05, 0) is 11.1 Å². The van der Waals surface area contributed by atoms with Gasteiger partial charge < -0.3 is 5.32 Å². The Labute approximate surface area is 66.1 Å². The van der Waals surface area contributed by atoms with Gasteiger partial charge in [-0.2, -0.15) is 12.4 Å².